The van der Waals surface area contributed by atoms with Crippen LogP contribution in [0.15, 0.2) is 18.2 Å². The highest BCUT2D eigenvalue weighted by molar-refractivity contribution is 5.57. The molecule has 1 aromatic rings. The lowest BCUT2D eigenvalue weighted by molar-refractivity contribution is 0.174. The summed E-state index contributed by atoms with van der Waals surface area (Å²) in [4.78, 5) is 2.42. The van der Waals surface area contributed by atoms with Gasteiger partial charge in [-0.05, 0) is 17.5 Å². The summed E-state index contributed by atoms with van der Waals surface area (Å²) in [7, 11) is 0. The molecule has 0 aliphatic carbocycles. The van der Waals surface area contributed by atoms with Crippen molar-refractivity contribution < 1.29 is 9.47 Å². The molecule has 1 N–H and O–H groups in total. The second-order valence-electron chi connectivity index (χ2n) is 6.36. The fraction of sp³-hybridized carbons (Fsp3) is 0.600. The Labute approximate surface area is 114 Å². The first-order valence-electron chi connectivity index (χ1n) is 6.92. The third-order valence-electron chi connectivity index (χ3n) is 3.94. The van der Waals surface area contributed by atoms with Gasteiger partial charge in [-0.25, -0.2) is 0 Å². The summed E-state index contributed by atoms with van der Waals surface area (Å²) < 4.78 is 10.8. The predicted octanol–water partition coefficient (Wildman–Crippen LogP) is 2.24. The van der Waals surface area contributed by atoms with E-state index in [0.717, 1.165) is 31.1 Å². The van der Waals surface area contributed by atoms with E-state index in [2.05, 4.69) is 43.1 Å². The van der Waals surface area contributed by atoms with Crippen LogP contribution in [0.1, 0.15) is 20.8 Å². The molecule has 104 valence electrons. The zero-order chi connectivity index (χ0) is 13.5. The average molecular weight is 262 g/mol. The molecule has 0 amide bonds. The van der Waals surface area contributed by atoms with Crippen molar-refractivity contribution in [3.63, 3.8) is 0 Å². The minimum atomic E-state index is 0.273. The van der Waals surface area contributed by atoms with Crippen LogP contribution >= 0.6 is 0 Å². The fourth-order valence-electron chi connectivity index (χ4n) is 2.65. The van der Waals surface area contributed by atoms with Gasteiger partial charge in [0.2, 0.25) is 6.79 Å². The molecule has 4 heteroatoms. The first-order chi connectivity index (χ1) is 9.04. The molecule has 0 radical (unpaired) electrons. The third kappa shape index (κ3) is 2.50. The average Bonchev–Trinajstić information content (AvgIpc) is 2.85. The molecule has 19 heavy (non-hydrogen) atoms. The van der Waals surface area contributed by atoms with E-state index < -0.39 is 0 Å². The van der Waals surface area contributed by atoms with Crippen molar-refractivity contribution in [1.29, 1.82) is 0 Å². The van der Waals surface area contributed by atoms with Crippen molar-refractivity contribution in [2.75, 3.05) is 31.3 Å². The molecule has 1 aromatic carbocycles. The molecule has 2 aliphatic rings. The van der Waals surface area contributed by atoms with Gasteiger partial charge in [-0.15, -0.1) is 0 Å². The number of benzene rings is 1. The van der Waals surface area contributed by atoms with Crippen molar-refractivity contribution in [1.82, 2.24) is 5.32 Å². The van der Waals surface area contributed by atoms with E-state index in [1.54, 1.807) is 0 Å². The Morgan fingerprint density at radius 3 is 2.79 bits per heavy atom. The first-order valence-corrected chi connectivity index (χ1v) is 6.92. The highest BCUT2D eigenvalue weighted by atomic mass is 16.7. The topological polar surface area (TPSA) is 33.7 Å². The van der Waals surface area contributed by atoms with Crippen molar-refractivity contribution in [2.24, 2.45) is 5.41 Å². The van der Waals surface area contributed by atoms with Gasteiger partial charge in [0.1, 0.15) is 0 Å². The van der Waals surface area contributed by atoms with Gasteiger partial charge in [0, 0.05) is 37.4 Å². The molecule has 1 atom stereocenters. The van der Waals surface area contributed by atoms with Crippen LogP contribution in [0.25, 0.3) is 0 Å². The van der Waals surface area contributed by atoms with E-state index in [1.807, 2.05) is 6.07 Å². The van der Waals surface area contributed by atoms with Crippen LogP contribution in [0.4, 0.5) is 5.69 Å². The number of hydrogen-bond donors (Lipinski definition) is 1. The quantitative estimate of drug-likeness (QED) is 0.841. The molecule has 1 saturated heterocycles. The van der Waals surface area contributed by atoms with Crippen LogP contribution in [-0.4, -0.2) is 32.5 Å². The minimum Gasteiger partial charge on any atom is -0.454 e. The van der Waals surface area contributed by atoms with Crippen LogP contribution in [0.2, 0.25) is 0 Å². The monoisotopic (exact) mass is 262 g/mol. The Bertz CT molecular complexity index is 468. The maximum atomic E-state index is 5.46. The molecule has 2 heterocycles. The SMILES string of the molecule is CC(C)(C)C1CN(c2ccc3c(c2)OCO3)CCN1. The summed E-state index contributed by atoms with van der Waals surface area (Å²) in [6, 6.07) is 6.73. The lowest BCUT2D eigenvalue weighted by Crippen LogP contribution is -2.56. The summed E-state index contributed by atoms with van der Waals surface area (Å²) in [5, 5.41) is 3.61. The highest BCUT2D eigenvalue weighted by Gasteiger charge is 2.29. The maximum Gasteiger partial charge on any atom is 0.231 e. The molecule has 0 saturated carbocycles. The van der Waals surface area contributed by atoms with Crippen molar-refractivity contribution in [2.45, 2.75) is 26.8 Å². The van der Waals surface area contributed by atoms with Crippen LogP contribution in [0.3, 0.4) is 0 Å². The molecular formula is C15H22N2O2. The molecule has 2 aliphatic heterocycles. The third-order valence-corrected chi connectivity index (χ3v) is 3.94. The van der Waals surface area contributed by atoms with Gasteiger partial charge in [0.15, 0.2) is 11.5 Å². The van der Waals surface area contributed by atoms with E-state index in [1.165, 1.54) is 5.69 Å². The first kappa shape index (κ1) is 12.6. The van der Waals surface area contributed by atoms with Gasteiger partial charge in [0.25, 0.3) is 0 Å². The smallest absolute Gasteiger partial charge is 0.231 e. The largest absolute Gasteiger partial charge is 0.454 e. The number of fused-ring (bicyclic) bond motifs is 1. The van der Waals surface area contributed by atoms with Gasteiger partial charge in [0.05, 0.1) is 0 Å². The Morgan fingerprint density at radius 1 is 1.21 bits per heavy atom. The van der Waals surface area contributed by atoms with Gasteiger partial charge in [-0.3, -0.25) is 0 Å². The lowest BCUT2D eigenvalue weighted by atomic mass is 9.85. The number of ether oxygens (including phenoxy) is 2. The van der Waals surface area contributed by atoms with E-state index in [0.29, 0.717) is 12.8 Å². The fourth-order valence-corrected chi connectivity index (χ4v) is 2.65. The van der Waals surface area contributed by atoms with Crippen LogP contribution in [0, 0.1) is 5.41 Å². The van der Waals surface area contributed by atoms with Crippen molar-refractivity contribution >= 4 is 5.69 Å². The molecule has 0 spiro atoms. The van der Waals surface area contributed by atoms with Crippen molar-refractivity contribution in [3.05, 3.63) is 18.2 Å². The summed E-state index contributed by atoms with van der Waals surface area (Å²) >= 11 is 0. The number of nitrogens with zero attached hydrogens (tertiary/aromatic N) is 1. The predicted molar refractivity (Wildman–Crippen MR) is 76.0 cm³/mol. The molecule has 1 unspecified atom stereocenters. The Hall–Kier alpha value is -1.42. The Morgan fingerprint density at radius 2 is 2.00 bits per heavy atom. The van der Waals surface area contributed by atoms with E-state index in [4.69, 9.17) is 9.47 Å². The van der Waals surface area contributed by atoms with Gasteiger partial charge < -0.3 is 19.7 Å². The highest BCUT2D eigenvalue weighted by Crippen LogP contribution is 2.36. The normalized spacial score (nSPS) is 22.7. The number of hydrogen-bond acceptors (Lipinski definition) is 4. The van der Waals surface area contributed by atoms with Gasteiger partial charge in [-0.2, -0.15) is 0 Å². The molecule has 4 nitrogen and oxygen atoms in total. The van der Waals surface area contributed by atoms with E-state index in [9.17, 15) is 0 Å². The Kier molecular flexibility index (Phi) is 3.05. The second-order valence-corrected chi connectivity index (χ2v) is 6.36. The zero-order valence-electron chi connectivity index (χ0n) is 11.9. The molecular weight excluding hydrogens is 240 g/mol. The number of anilines is 1. The second kappa shape index (κ2) is 4.60. The lowest BCUT2D eigenvalue weighted by Gasteiger charge is -2.41. The van der Waals surface area contributed by atoms with Crippen LogP contribution in [-0.2, 0) is 0 Å². The number of piperazine rings is 1. The summed E-state index contributed by atoms with van der Waals surface area (Å²) in [6.45, 7) is 10.3. The van der Waals surface area contributed by atoms with Crippen molar-refractivity contribution in [3.8, 4) is 11.5 Å². The molecule has 1 fully saturated rings. The minimum absolute atomic E-state index is 0.273. The van der Waals surface area contributed by atoms with Crippen LogP contribution < -0.4 is 19.7 Å². The van der Waals surface area contributed by atoms with Crippen LogP contribution in [0.5, 0.6) is 11.5 Å². The zero-order valence-corrected chi connectivity index (χ0v) is 11.9. The van der Waals surface area contributed by atoms with E-state index >= 15 is 0 Å². The summed E-state index contributed by atoms with van der Waals surface area (Å²) in [5.41, 5.74) is 1.50. The maximum absolute atomic E-state index is 5.46. The molecule has 3 rings (SSSR count). The molecule has 0 aromatic heterocycles. The Balaban J connectivity index is 1.78. The summed E-state index contributed by atoms with van der Waals surface area (Å²) in [5.74, 6) is 1.72. The van der Waals surface area contributed by atoms with Gasteiger partial charge in [-0.1, -0.05) is 20.8 Å². The summed E-state index contributed by atoms with van der Waals surface area (Å²) in [6.07, 6.45) is 0. The number of nitrogens with one attached hydrogen (secondary N) is 1. The van der Waals surface area contributed by atoms with E-state index in [-0.39, 0.29) is 5.41 Å². The number of rotatable bonds is 1. The standard InChI is InChI=1S/C15H22N2O2/c1-15(2,3)14-9-17(7-6-16-14)11-4-5-12-13(8-11)19-10-18-12/h4-5,8,14,16H,6-7,9-10H2,1-3H3. The van der Waals surface area contributed by atoms with Gasteiger partial charge >= 0.3 is 0 Å². The molecule has 0 bridgehead atoms.